The van der Waals surface area contributed by atoms with E-state index in [9.17, 15) is 10.2 Å². The molecule has 0 saturated heterocycles. The lowest BCUT2D eigenvalue weighted by molar-refractivity contribution is 0.103. The molecular weight excluding hydrogens is 397 g/mol. The molecule has 0 amide bonds. The molecular formula is C28H38NOP. The smallest absolute Gasteiger partial charge is 0.199 e. The molecule has 2 aromatic rings. The van der Waals surface area contributed by atoms with Gasteiger partial charge in [-0.1, -0.05) is 101 Å². The predicted molar refractivity (Wildman–Crippen MR) is 138 cm³/mol. The van der Waals surface area contributed by atoms with E-state index in [2.05, 4.69) is 50.9 Å². The summed E-state index contributed by atoms with van der Waals surface area (Å²) in [7, 11) is -1.61. The Kier molecular flexibility index (Phi) is 10.9. The van der Waals surface area contributed by atoms with Gasteiger partial charge in [-0.15, -0.1) is 0 Å². The van der Waals surface area contributed by atoms with Crippen molar-refractivity contribution < 1.29 is 4.79 Å². The highest BCUT2D eigenvalue weighted by Gasteiger charge is 2.48. The number of unbranched alkanes of at least 4 members (excludes halogenated alkanes) is 3. The molecule has 0 fully saturated rings. The van der Waals surface area contributed by atoms with Crippen molar-refractivity contribution in [3.05, 3.63) is 82.8 Å². The SMILES string of the molecule is CCCC[P+](CCCC)(CCCC)[C@H](C(=C=[N-])C(=O)c1ccccc1)c1ccccc1. The molecule has 0 aliphatic carbocycles. The second-order valence-electron chi connectivity index (χ2n) is 8.48. The zero-order valence-electron chi connectivity index (χ0n) is 19.5. The van der Waals surface area contributed by atoms with Crippen LogP contribution in [0.2, 0.25) is 0 Å². The zero-order valence-corrected chi connectivity index (χ0v) is 20.4. The van der Waals surface area contributed by atoms with Crippen LogP contribution in [0.1, 0.15) is 80.9 Å². The van der Waals surface area contributed by atoms with E-state index < -0.39 is 7.26 Å². The first-order valence-electron chi connectivity index (χ1n) is 11.9. The van der Waals surface area contributed by atoms with E-state index in [1.165, 1.54) is 19.3 Å². The minimum absolute atomic E-state index is 0.0592. The van der Waals surface area contributed by atoms with Crippen LogP contribution in [0, 0.1) is 0 Å². The lowest BCUT2D eigenvalue weighted by Crippen LogP contribution is -2.22. The van der Waals surface area contributed by atoms with Crippen LogP contribution in [0.15, 0.2) is 66.2 Å². The van der Waals surface area contributed by atoms with E-state index in [0.717, 1.165) is 43.3 Å². The van der Waals surface area contributed by atoms with Crippen molar-refractivity contribution in [1.82, 2.24) is 0 Å². The highest BCUT2D eigenvalue weighted by Crippen LogP contribution is 2.73. The maximum Gasteiger partial charge on any atom is 0.199 e. The van der Waals surface area contributed by atoms with E-state index in [1.807, 2.05) is 36.4 Å². The van der Waals surface area contributed by atoms with E-state index in [1.54, 1.807) is 0 Å². The standard InChI is InChI=1S/C28H38NOP/c1-4-7-20-31(21-8-5-2,22-9-6-3)28(25-18-14-11-15-19-25)26(23-29)27(30)24-16-12-10-13-17-24/h10-19,28H,4-9,20-22H2,1-3H3/t28-/m0/s1. The molecule has 0 aliphatic rings. The molecule has 0 bridgehead atoms. The number of ketones is 1. The number of hydrogen-bond acceptors (Lipinski definition) is 1. The summed E-state index contributed by atoms with van der Waals surface area (Å²) < 4.78 is 0. The molecule has 0 heterocycles. The summed E-state index contributed by atoms with van der Waals surface area (Å²) in [5, 5.41) is 10.3. The average Bonchev–Trinajstić information content (AvgIpc) is 2.83. The molecule has 0 aliphatic heterocycles. The predicted octanol–water partition coefficient (Wildman–Crippen LogP) is 8.19. The summed E-state index contributed by atoms with van der Waals surface area (Å²) in [6, 6.07) is 19.8. The third-order valence-corrected chi connectivity index (χ3v) is 11.5. The van der Waals surface area contributed by atoms with Crippen molar-refractivity contribution in [2.24, 2.45) is 0 Å². The van der Waals surface area contributed by atoms with Gasteiger partial charge in [-0.05, 0) is 24.8 Å². The lowest BCUT2D eigenvalue weighted by Gasteiger charge is -2.36. The maximum absolute atomic E-state index is 13.6. The summed E-state index contributed by atoms with van der Waals surface area (Å²) >= 11 is 0. The number of benzene rings is 2. The van der Waals surface area contributed by atoms with Gasteiger partial charge in [0.15, 0.2) is 5.78 Å². The fraction of sp³-hybridized carbons (Fsp3) is 0.464. The number of allylic oxidation sites excluding steroid dienone is 1. The first-order valence-corrected chi connectivity index (χ1v) is 14.3. The summed E-state index contributed by atoms with van der Waals surface area (Å²) in [6.07, 6.45) is 10.4. The Morgan fingerprint density at radius 1 is 0.806 bits per heavy atom. The van der Waals surface area contributed by atoms with Crippen molar-refractivity contribution in [3.8, 4) is 0 Å². The highest BCUT2D eigenvalue weighted by atomic mass is 31.2. The molecule has 3 heteroatoms. The number of carbonyl (C=O) groups is 1. The number of rotatable bonds is 14. The number of carbonyl (C=O) groups excluding carboxylic acids is 1. The van der Waals surface area contributed by atoms with Crippen LogP contribution >= 0.6 is 7.26 Å². The molecule has 1 atom stereocenters. The van der Waals surface area contributed by atoms with Gasteiger partial charge in [0, 0.05) is 12.8 Å². The van der Waals surface area contributed by atoms with Crippen LogP contribution in [-0.2, 0) is 0 Å². The lowest BCUT2D eigenvalue weighted by atomic mass is 9.97. The molecule has 0 unspecified atom stereocenters. The van der Waals surface area contributed by atoms with Gasteiger partial charge < -0.3 is 5.41 Å². The zero-order chi connectivity index (χ0) is 22.5. The Hall–Kier alpha value is -2.01. The fourth-order valence-electron chi connectivity index (χ4n) is 4.51. The summed E-state index contributed by atoms with van der Waals surface area (Å²) in [4.78, 5) is 13.6. The summed E-state index contributed by atoms with van der Waals surface area (Å²) in [5.74, 6) is 2.34. The Morgan fingerprint density at radius 3 is 1.68 bits per heavy atom. The minimum atomic E-state index is -1.61. The van der Waals surface area contributed by atoms with E-state index in [-0.39, 0.29) is 11.4 Å². The van der Waals surface area contributed by atoms with Crippen molar-refractivity contribution in [3.63, 3.8) is 0 Å². The minimum Gasteiger partial charge on any atom is -0.763 e. The second-order valence-corrected chi connectivity index (χ2v) is 12.8. The maximum atomic E-state index is 13.6. The molecule has 2 rings (SSSR count). The largest absolute Gasteiger partial charge is 0.763 e. The second kappa shape index (κ2) is 13.4. The third kappa shape index (κ3) is 6.73. The van der Waals surface area contributed by atoms with Gasteiger partial charge in [-0.2, -0.15) is 0 Å². The number of Topliss-reactive ketones (excluding diaryl/α,β-unsaturated/α-hetero) is 1. The van der Waals surface area contributed by atoms with Crippen molar-refractivity contribution in [1.29, 1.82) is 0 Å². The molecule has 2 aromatic carbocycles. The molecule has 0 radical (unpaired) electrons. The fourth-order valence-corrected chi connectivity index (χ4v) is 10.3. The van der Waals surface area contributed by atoms with Crippen molar-refractivity contribution in [2.75, 3.05) is 18.5 Å². The van der Waals surface area contributed by atoms with Crippen LogP contribution in [0.25, 0.3) is 5.41 Å². The average molecular weight is 436 g/mol. The van der Waals surface area contributed by atoms with Gasteiger partial charge in [0.25, 0.3) is 0 Å². The van der Waals surface area contributed by atoms with Crippen molar-refractivity contribution in [2.45, 2.75) is 65.0 Å². The molecule has 31 heavy (non-hydrogen) atoms. The van der Waals surface area contributed by atoms with E-state index in [0.29, 0.717) is 11.1 Å². The first kappa shape index (κ1) is 25.3. The van der Waals surface area contributed by atoms with Crippen LogP contribution in [-0.4, -0.2) is 30.1 Å². The van der Waals surface area contributed by atoms with Crippen LogP contribution in [0.3, 0.4) is 0 Å². The molecule has 0 aromatic heterocycles. The molecule has 0 N–H and O–H groups in total. The Labute approximate surface area is 190 Å². The number of hydrogen-bond donors (Lipinski definition) is 0. The number of nitrogens with zero attached hydrogens (tertiary/aromatic N) is 1. The Bertz CT molecular complexity index is 818. The van der Waals surface area contributed by atoms with Gasteiger partial charge >= 0.3 is 0 Å². The van der Waals surface area contributed by atoms with Gasteiger partial charge in [0.1, 0.15) is 5.66 Å². The van der Waals surface area contributed by atoms with Crippen LogP contribution in [0.5, 0.6) is 0 Å². The Morgan fingerprint density at radius 2 is 1.26 bits per heavy atom. The molecule has 166 valence electrons. The molecule has 0 saturated carbocycles. The summed E-state index contributed by atoms with van der Waals surface area (Å²) in [5.41, 5.74) is 2.17. The van der Waals surface area contributed by atoms with Gasteiger partial charge in [0.2, 0.25) is 0 Å². The highest BCUT2D eigenvalue weighted by molar-refractivity contribution is 7.76. The van der Waals surface area contributed by atoms with Gasteiger partial charge in [0.05, 0.1) is 24.1 Å². The van der Waals surface area contributed by atoms with Crippen LogP contribution in [0.4, 0.5) is 0 Å². The van der Waals surface area contributed by atoms with Crippen molar-refractivity contribution >= 4 is 18.9 Å². The molecule has 0 spiro atoms. The first-order chi connectivity index (χ1) is 15.1. The normalized spacial score (nSPS) is 12.2. The Balaban J connectivity index is 2.66. The van der Waals surface area contributed by atoms with Crippen LogP contribution < -0.4 is 0 Å². The molecule has 2 nitrogen and oxygen atoms in total. The topological polar surface area (TPSA) is 39.4 Å². The van der Waals surface area contributed by atoms with Gasteiger partial charge in [-0.3, -0.25) is 10.7 Å². The summed E-state index contributed by atoms with van der Waals surface area (Å²) in [6.45, 7) is 6.74. The monoisotopic (exact) mass is 435 g/mol. The third-order valence-electron chi connectivity index (χ3n) is 6.21. The van der Waals surface area contributed by atoms with E-state index in [4.69, 9.17) is 0 Å². The van der Waals surface area contributed by atoms with Gasteiger partial charge in [-0.25, -0.2) is 0 Å². The quantitative estimate of drug-likeness (QED) is 0.128. The van der Waals surface area contributed by atoms with E-state index >= 15 is 0 Å².